The van der Waals surface area contributed by atoms with Gasteiger partial charge in [0.25, 0.3) is 0 Å². The molecule has 360 valence electrons. The highest BCUT2D eigenvalue weighted by atomic mass is 32.2. The number of carbonyl (C=O) groups excluding carboxylic acids is 10. The molecule has 0 radical (unpaired) electrons. The van der Waals surface area contributed by atoms with Crippen LogP contribution in [0.25, 0.3) is 0 Å². The van der Waals surface area contributed by atoms with Gasteiger partial charge in [0.2, 0.25) is 59.1 Å². The van der Waals surface area contributed by atoms with Crippen molar-refractivity contribution in [2.24, 2.45) is 17.4 Å². The van der Waals surface area contributed by atoms with Crippen LogP contribution in [0.1, 0.15) is 57.1 Å². The van der Waals surface area contributed by atoms with Gasteiger partial charge in [-0.05, 0) is 60.4 Å². The molecule has 10 amide bonds. The van der Waals surface area contributed by atoms with Crippen LogP contribution in [0.5, 0.6) is 5.75 Å². The maximum atomic E-state index is 14.0. The minimum atomic E-state index is -1.70. The van der Waals surface area contributed by atoms with Gasteiger partial charge in [-0.15, -0.1) is 0 Å². The first-order valence-electron chi connectivity index (χ1n) is 21.2. The molecule has 23 heteroatoms. The van der Waals surface area contributed by atoms with Gasteiger partial charge in [-0.3, -0.25) is 47.9 Å². The van der Waals surface area contributed by atoms with Crippen LogP contribution in [0.3, 0.4) is 0 Å². The van der Waals surface area contributed by atoms with E-state index >= 15 is 0 Å². The fraction of sp³-hybridized carbons (Fsp3) is 0.488. The number of aromatic hydroxyl groups is 1. The van der Waals surface area contributed by atoms with Gasteiger partial charge in [0, 0.05) is 19.3 Å². The van der Waals surface area contributed by atoms with E-state index in [-0.39, 0.29) is 56.1 Å². The van der Waals surface area contributed by atoms with E-state index in [1.807, 2.05) is 13.8 Å². The summed E-state index contributed by atoms with van der Waals surface area (Å²) in [7, 11) is 0. The fourth-order valence-electron chi connectivity index (χ4n) is 6.67. The van der Waals surface area contributed by atoms with Crippen LogP contribution in [0.2, 0.25) is 0 Å². The zero-order chi connectivity index (χ0) is 48.9. The lowest BCUT2D eigenvalue weighted by atomic mass is 10.0. The number of primary amides is 2. The monoisotopic (exact) mass is 940 g/mol. The first-order chi connectivity index (χ1) is 31.3. The zero-order valence-corrected chi connectivity index (χ0v) is 37.7. The highest BCUT2D eigenvalue weighted by Gasteiger charge is 2.35. The summed E-state index contributed by atoms with van der Waals surface area (Å²) in [5.74, 6) is -7.96. The summed E-state index contributed by atoms with van der Waals surface area (Å²) in [5, 5.41) is 40.0. The Balaban J connectivity index is 1.82. The van der Waals surface area contributed by atoms with Crippen molar-refractivity contribution in [2.45, 2.75) is 101 Å². The summed E-state index contributed by atoms with van der Waals surface area (Å²) < 4.78 is 0. The maximum Gasteiger partial charge on any atom is 0.245 e. The second kappa shape index (κ2) is 26.9. The number of nitrogens with two attached hydrogens (primary N) is 2. The van der Waals surface area contributed by atoms with Crippen LogP contribution in [-0.2, 0) is 60.8 Å². The van der Waals surface area contributed by atoms with E-state index in [2.05, 4.69) is 42.5 Å². The van der Waals surface area contributed by atoms with E-state index in [9.17, 15) is 58.2 Å². The average Bonchev–Trinajstić information content (AvgIpc) is 3.71. The Kier molecular flexibility index (Phi) is 21.8. The fourth-order valence-corrected chi connectivity index (χ4v) is 7.14. The SMILES string of the molecule is CSCCC(NC(=O)C(CC(N)=O)NC(=O)C1CCC(=O)N1)C(=O)NC(Cc1ccc(O)cc1)C(=O)NC(CO)C(=O)NC(Cc1ccccc1)C(=O)NCC(=O)NC(CC(C)C)C(N)=O. The van der Waals surface area contributed by atoms with Crippen molar-refractivity contribution in [3.63, 3.8) is 0 Å². The maximum absolute atomic E-state index is 14.0. The Bertz CT molecular complexity index is 2040. The van der Waals surface area contributed by atoms with E-state index in [0.29, 0.717) is 16.9 Å². The van der Waals surface area contributed by atoms with Gasteiger partial charge in [0.1, 0.15) is 48.0 Å². The van der Waals surface area contributed by atoms with Crippen molar-refractivity contribution in [3.8, 4) is 5.75 Å². The summed E-state index contributed by atoms with van der Waals surface area (Å²) in [5.41, 5.74) is 11.8. The molecule has 1 heterocycles. The summed E-state index contributed by atoms with van der Waals surface area (Å²) in [6.45, 7) is 2.10. The third-order valence-electron chi connectivity index (χ3n) is 10.1. The smallest absolute Gasteiger partial charge is 0.245 e. The number of phenols is 1. The van der Waals surface area contributed by atoms with Crippen molar-refractivity contribution < 1.29 is 58.2 Å². The number of thioether (sulfide) groups is 1. The molecule has 0 aromatic heterocycles. The molecule has 0 saturated carbocycles. The molecular weight excluding hydrogens is 881 g/mol. The lowest BCUT2D eigenvalue weighted by molar-refractivity contribution is -0.136. The van der Waals surface area contributed by atoms with Crippen LogP contribution in [0, 0.1) is 5.92 Å². The number of aliphatic hydroxyl groups excluding tert-OH is 1. The molecule has 14 N–H and O–H groups in total. The van der Waals surface area contributed by atoms with Crippen LogP contribution in [0.4, 0.5) is 0 Å². The normalized spacial score (nSPS) is 15.9. The van der Waals surface area contributed by atoms with Crippen molar-refractivity contribution in [3.05, 3.63) is 65.7 Å². The summed E-state index contributed by atoms with van der Waals surface area (Å²) >= 11 is 1.33. The summed E-state index contributed by atoms with van der Waals surface area (Å²) in [6.07, 6.45) is 1.26. The van der Waals surface area contributed by atoms with Crippen molar-refractivity contribution in [1.82, 2.24) is 42.5 Å². The van der Waals surface area contributed by atoms with Gasteiger partial charge in [-0.25, -0.2) is 0 Å². The Hall–Kier alpha value is -6.75. The molecule has 0 aliphatic carbocycles. The average molecular weight is 941 g/mol. The molecule has 66 heavy (non-hydrogen) atoms. The van der Waals surface area contributed by atoms with Crippen molar-refractivity contribution in [1.29, 1.82) is 0 Å². The largest absolute Gasteiger partial charge is 0.508 e. The molecule has 1 aliphatic heterocycles. The van der Waals surface area contributed by atoms with Gasteiger partial charge >= 0.3 is 0 Å². The van der Waals surface area contributed by atoms with E-state index in [0.717, 1.165) is 0 Å². The lowest BCUT2D eigenvalue weighted by Crippen LogP contribution is -2.61. The third-order valence-corrected chi connectivity index (χ3v) is 10.8. The molecule has 1 fully saturated rings. The Morgan fingerprint density at radius 2 is 1.26 bits per heavy atom. The number of aliphatic hydroxyl groups is 1. The highest BCUT2D eigenvalue weighted by Crippen LogP contribution is 2.14. The van der Waals surface area contributed by atoms with Crippen molar-refractivity contribution in [2.75, 3.05) is 25.2 Å². The predicted molar refractivity (Wildman–Crippen MR) is 240 cm³/mol. The number of carbonyl (C=O) groups is 10. The predicted octanol–water partition coefficient (Wildman–Crippen LogP) is -3.37. The Morgan fingerprint density at radius 3 is 1.80 bits per heavy atom. The standard InChI is InChI=1S/C43H60N10O12S/c1-23(2)17-29(37(45)59)48-36(58)21-46-38(60)30(18-24-7-5-4-6-8-24)50-43(65)33(22-54)53-41(63)31(19-25-9-11-26(55)12-10-25)51-40(62)28(15-16-66-3)49-42(64)32(20-34(44)56)52-39(61)27-13-14-35(57)47-27/h4-12,23,27-33,54-55H,13-22H2,1-3H3,(H2,44,56)(H2,45,59)(H,46,60)(H,47,57)(H,48,58)(H,49,64)(H,50,65)(H,51,62)(H,52,61)(H,53,63). The number of hydrogen-bond donors (Lipinski definition) is 12. The molecule has 2 aromatic carbocycles. The van der Waals surface area contributed by atoms with Gasteiger partial charge in [-0.2, -0.15) is 11.8 Å². The van der Waals surface area contributed by atoms with Crippen LogP contribution in [-0.4, -0.2) is 137 Å². The highest BCUT2D eigenvalue weighted by molar-refractivity contribution is 7.98. The number of nitrogens with one attached hydrogen (secondary N) is 8. The first-order valence-corrected chi connectivity index (χ1v) is 22.6. The number of hydrogen-bond acceptors (Lipinski definition) is 13. The summed E-state index contributed by atoms with van der Waals surface area (Å²) in [6, 6.07) is 4.75. The van der Waals surface area contributed by atoms with Gasteiger partial charge in [-0.1, -0.05) is 56.3 Å². The molecule has 2 aromatic rings. The molecule has 1 saturated heterocycles. The summed E-state index contributed by atoms with van der Waals surface area (Å²) in [4.78, 5) is 130. The number of benzene rings is 2. The van der Waals surface area contributed by atoms with Gasteiger partial charge < -0.3 is 64.2 Å². The second-order valence-electron chi connectivity index (χ2n) is 16.0. The lowest BCUT2D eigenvalue weighted by Gasteiger charge is -2.27. The Labute approximate surface area is 385 Å². The molecule has 0 bridgehead atoms. The molecule has 0 spiro atoms. The molecule has 22 nitrogen and oxygen atoms in total. The van der Waals surface area contributed by atoms with E-state index in [1.54, 1.807) is 36.6 Å². The van der Waals surface area contributed by atoms with E-state index < -0.39 is 115 Å². The number of rotatable bonds is 27. The third kappa shape index (κ3) is 18.4. The molecule has 1 aliphatic rings. The topological polar surface area (TPSA) is 359 Å². The Morgan fingerprint density at radius 1 is 0.712 bits per heavy atom. The van der Waals surface area contributed by atoms with Gasteiger partial charge in [0.05, 0.1) is 19.6 Å². The number of phenolic OH excluding ortho intramolecular Hbond substituents is 1. The first kappa shape index (κ1) is 53.6. The minimum absolute atomic E-state index is 0.0000756. The minimum Gasteiger partial charge on any atom is -0.508 e. The van der Waals surface area contributed by atoms with Gasteiger partial charge in [0.15, 0.2) is 0 Å². The molecule has 7 unspecified atom stereocenters. The van der Waals surface area contributed by atoms with E-state index in [4.69, 9.17) is 11.5 Å². The van der Waals surface area contributed by atoms with Crippen LogP contribution >= 0.6 is 11.8 Å². The molecular formula is C43H60N10O12S. The second-order valence-corrected chi connectivity index (χ2v) is 17.0. The van der Waals surface area contributed by atoms with Crippen LogP contribution < -0.4 is 54.0 Å². The van der Waals surface area contributed by atoms with E-state index in [1.165, 1.54) is 36.0 Å². The zero-order valence-electron chi connectivity index (χ0n) is 36.9. The molecule has 7 atom stereocenters. The van der Waals surface area contributed by atoms with Crippen LogP contribution in [0.15, 0.2) is 54.6 Å². The van der Waals surface area contributed by atoms with Crippen molar-refractivity contribution >= 4 is 70.8 Å². The quantitative estimate of drug-likeness (QED) is 0.0417. The number of amides is 10. The molecule has 3 rings (SSSR count).